The third-order valence-electron chi connectivity index (χ3n) is 4.84. The van der Waals surface area contributed by atoms with Crippen LogP contribution in [0.3, 0.4) is 0 Å². The van der Waals surface area contributed by atoms with Crippen LogP contribution in [0.25, 0.3) is 0 Å². The molecule has 0 atom stereocenters. The molecule has 1 aliphatic heterocycles. The predicted octanol–water partition coefficient (Wildman–Crippen LogP) is 4.17. The van der Waals surface area contributed by atoms with Crippen LogP contribution in [-0.4, -0.2) is 35.6 Å². The first kappa shape index (κ1) is 20.1. The second-order valence-electron chi connectivity index (χ2n) is 7.02. The lowest BCUT2D eigenvalue weighted by molar-refractivity contribution is 0.0947. The van der Waals surface area contributed by atoms with Gasteiger partial charge < -0.3 is 14.6 Å². The number of ether oxygens (including phenoxy) is 1. The van der Waals surface area contributed by atoms with E-state index in [0.29, 0.717) is 23.6 Å². The van der Waals surface area contributed by atoms with E-state index >= 15 is 0 Å². The molecular weight excluding hydrogens is 454 g/mol. The van der Waals surface area contributed by atoms with E-state index in [1.54, 1.807) is 18.2 Å². The van der Waals surface area contributed by atoms with E-state index in [0.717, 1.165) is 36.2 Å². The summed E-state index contributed by atoms with van der Waals surface area (Å²) < 4.78 is 11.6. The van der Waals surface area contributed by atoms with Gasteiger partial charge in [0.1, 0.15) is 12.4 Å². The van der Waals surface area contributed by atoms with E-state index in [4.69, 9.17) is 9.26 Å². The van der Waals surface area contributed by atoms with Crippen LogP contribution in [0.2, 0.25) is 0 Å². The number of halogens is 1. The van der Waals surface area contributed by atoms with Gasteiger partial charge in [0.15, 0.2) is 5.76 Å². The molecular formula is C21H22BrN3O3S. The van der Waals surface area contributed by atoms with Gasteiger partial charge in [0.25, 0.3) is 5.91 Å². The monoisotopic (exact) mass is 475 g/mol. The summed E-state index contributed by atoms with van der Waals surface area (Å²) in [6.45, 7) is 5.63. The van der Waals surface area contributed by atoms with Gasteiger partial charge in [-0.25, -0.2) is 0 Å². The number of nitrogens with one attached hydrogen (secondary N) is 1. The van der Waals surface area contributed by atoms with Crippen molar-refractivity contribution in [3.05, 3.63) is 67.6 Å². The molecule has 2 aromatic heterocycles. The number of fused-ring (bicyclic) bond motifs is 1. The van der Waals surface area contributed by atoms with E-state index < -0.39 is 0 Å². The SMILES string of the molecule is Cc1cc(COc2ccc(C(=O)NCCN3CCc4sccc4C3)cc2Br)on1. The van der Waals surface area contributed by atoms with E-state index in [2.05, 4.69) is 42.7 Å². The molecule has 0 bridgehead atoms. The highest BCUT2D eigenvalue weighted by Crippen LogP contribution is 2.27. The van der Waals surface area contributed by atoms with Gasteiger partial charge in [0, 0.05) is 42.7 Å². The summed E-state index contributed by atoms with van der Waals surface area (Å²) in [5.41, 5.74) is 2.83. The molecule has 1 aromatic carbocycles. The number of amides is 1. The first-order chi connectivity index (χ1) is 14.1. The lowest BCUT2D eigenvalue weighted by Gasteiger charge is -2.26. The highest BCUT2D eigenvalue weighted by molar-refractivity contribution is 9.10. The quantitative estimate of drug-likeness (QED) is 0.555. The molecule has 29 heavy (non-hydrogen) atoms. The maximum absolute atomic E-state index is 12.5. The molecule has 1 aliphatic rings. The molecule has 0 unspecified atom stereocenters. The zero-order valence-corrected chi connectivity index (χ0v) is 18.5. The number of hydrogen-bond acceptors (Lipinski definition) is 6. The summed E-state index contributed by atoms with van der Waals surface area (Å²) in [6, 6.07) is 9.35. The summed E-state index contributed by atoms with van der Waals surface area (Å²) in [5, 5.41) is 9.01. The number of rotatable bonds is 7. The molecule has 1 N–H and O–H groups in total. The fraction of sp³-hybridized carbons (Fsp3) is 0.333. The first-order valence-corrected chi connectivity index (χ1v) is 11.2. The summed E-state index contributed by atoms with van der Waals surface area (Å²) in [6.07, 6.45) is 1.10. The number of aryl methyl sites for hydroxylation is 1. The van der Waals surface area contributed by atoms with Gasteiger partial charge in [-0.15, -0.1) is 11.3 Å². The van der Waals surface area contributed by atoms with Crippen molar-refractivity contribution in [2.75, 3.05) is 19.6 Å². The zero-order chi connectivity index (χ0) is 20.2. The third-order valence-corrected chi connectivity index (χ3v) is 6.48. The predicted molar refractivity (Wildman–Crippen MR) is 115 cm³/mol. The highest BCUT2D eigenvalue weighted by atomic mass is 79.9. The van der Waals surface area contributed by atoms with Crippen LogP contribution < -0.4 is 10.1 Å². The number of carbonyl (C=O) groups excluding carboxylic acids is 1. The maximum Gasteiger partial charge on any atom is 0.251 e. The Morgan fingerprint density at radius 1 is 1.38 bits per heavy atom. The number of hydrogen-bond donors (Lipinski definition) is 1. The number of aromatic nitrogens is 1. The van der Waals surface area contributed by atoms with Gasteiger partial charge in [-0.1, -0.05) is 5.16 Å². The van der Waals surface area contributed by atoms with Gasteiger partial charge in [0.05, 0.1) is 10.2 Å². The van der Waals surface area contributed by atoms with Crippen molar-refractivity contribution in [1.82, 2.24) is 15.4 Å². The molecule has 4 rings (SSSR count). The second kappa shape index (κ2) is 9.11. The van der Waals surface area contributed by atoms with Crippen molar-refractivity contribution in [2.24, 2.45) is 0 Å². The van der Waals surface area contributed by atoms with Crippen LogP contribution in [0.1, 0.15) is 32.3 Å². The van der Waals surface area contributed by atoms with Gasteiger partial charge in [-0.05, 0) is 64.5 Å². The molecule has 8 heteroatoms. The molecule has 1 amide bonds. The Kier molecular flexibility index (Phi) is 6.32. The molecule has 0 saturated carbocycles. The Labute approximate surface area is 182 Å². The lowest BCUT2D eigenvalue weighted by Crippen LogP contribution is -2.37. The number of nitrogens with zero attached hydrogens (tertiary/aromatic N) is 2. The smallest absolute Gasteiger partial charge is 0.251 e. The fourth-order valence-electron chi connectivity index (χ4n) is 3.32. The summed E-state index contributed by atoms with van der Waals surface area (Å²) in [4.78, 5) is 16.4. The van der Waals surface area contributed by atoms with Gasteiger partial charge in [-0.2, -0.15) is 0 Å². The van der Waals surface area contributed by atoms with Crippen molar-refractivity contribution in [3.8, 4) is 5.75 Å². The zero-order valence-electron chi connectivity index (χ0n) is 16.1. The Bertz CT molecular complexity index is 1000. The second-order valence-corrected chi connectivity index (χ2v) is 8.87. The largest absolute Gasteiger partial charge is 0.484 e. The van der Waals surface area contributed by atoms with Crippen molar-refractivity contribution >= 4 is 33.2 Å². The highest BCUT2D eigenvalue weighted by Gasteiger charge is 2.17. The van der Waals surface area contributed by atoms with E-state index in [-0.39, 0.29) is 12.5 Å². The molecule has 0 saturated heterocycles. The van der Waals surface area contributed by atoms with Crippen LogP contribution in [0, 0.1) is 6.92 Å². The van der Waals surface area contributed by atoms with Crippen LogP contribution in [0.15, 0.2) is 44.7 Å². The summed E-state index contributed by atoms with van der Waals surface area (Å²) in [7, 11) is 0. The van der Waals surface area contributed by atoms with Crippen LogP contribution in [0.5, 0.6) is 5.75 Å². The summed E-state index contributed by atoms with van der Waals surface area (Å²) >= 11 is 5.32. The van der Waals surface area contributed by atoms with Crippen molar-refractivity contribution in [3.63, 3.8) is 0 Å². The topological polar surface area (TPSA) is 67.6 Å². The molecule has 152 valence electrons. The third kappa shape index (κ3) is 5.07. The van der Waals surface area contributed by atoms with Crippen LogP contribution in [-0.2, 0) is 19.6 Å². The van der Waals surface area contributed by atoms with Gasteiger partial charge in [0.2, 0.25) is 0 Å². The minimum absolute atomic E-state index is 0.0867. The van der Waals surface area contributed by atoms with Gasteiger partial charge >= 0.3 is 0 Å². The first-order valence-electron chi connectivity index (χ1n) is 9.49. The standard InChI is InChI=1S/C21H22BrN3O3S/c1-14-10-17(28-24-14)13-27-19-3-2-15(11-18(19)22)21(26)23-6-8-25-7-4-20-16(12-25)5-9-29-20/h2-3,5,9-11H,4,6-8,12-13H2,1H3,(H,23,26). The Morgan fingerprint density at radius 2 is 2.28 bits per heavy atom. The summed E-state index contributed by atoms with van der Waals surface area (Å²) in [5.74, 6) is 1.22. The number of benzene rings is 1. The molecule has 0 radical (unpaired) electrons. The van der Waals surface area contributed by atoms with E-state index in [1.807, 2.05) is 24.3 Å². The Hall–Kier alpha value is -2.16. The van der Waals surface area contributed by atoms with Crippen LogP contribution in [0.4, 0.5) is 0 Å². The molecule has 3 heterocycles. The minimum atomic E-state index is -0.0867. The molecule has 3 aromatic rings. The maximum atomic E-state index is 12.5. The average Bonchev–Trinajstić information content (AvgIpc) is 3.35. The lowest BCUT2D eigenvalue weighted by atomic mass is 10.1. The van der Waals surface area contributed by atoms with Crippen molar-refractivity contribution in [2.45, 2.75) is 26.5 Å². The average molecular weight is 476 g/mol. The Morgan fingerprint density at radius 3 is 3.07 bits per heavy atom. The van der Waals surface area contributed by atoms with Gasteiger partial charge in [-0.3, -0.25) is 9.69 Å². The van der Waals surface area contributed by atoms with E-state index in [9.17, 15) is 4.79 Å². The number of carbonyl (C=O) groups is 1. The van der Waals surface area contributed by atoms with Crippen LogP contribution >= 0.6 is 27.3 Å². The normalized spacial score (nSPS) is 13.9. The van der Waals surface area contributed by atoms with E-state index in [1.165, 1.54) is 10.4 Å². The minimum Gasteiger partial charge on any atom is -0.484 e. The fourth-order valence-corrected chi connectivity index (χ4v) is 4.70. The Balaban J connectivity index is 1.26. The molecule has 0 aliphatic carbocycles. The molecule has 0 spiro atoms. The van der Waals surface area contributed by atoms with Crippen molar-refractivity contribution < 1.29 is 14.1 Å². The molecule has 0 fully saturated rings. The number of thiophene rings is 1. The molecule has 6 nitrogen and oxygen atoms in total. The van der Waals surface area contributed by atoms with Crippen molar-refractivity contribution in [1.29, 1.82) is 0 Å².